The molecule has 0 bridgehead atoms. The Bertz CT molecular complexity index is 1450. The summed E-state index contributed by atoms with van der Waals surface area (Å²) in [4.78, 5) is 0. The van der Waals surface area contributed by atoms with Crippen molar-refractivity contribution in [3.63, 3.8) is 0 Å². The Morgan fingerprint density at radius 3 is 0.720 bits per heavy atom. The molecule has 0 heterocycles. The summed E-state index contributed by atoms with van der Waals surface area (Å²) in [5, 5.41) is 6.00. The van der Waals surface area contributed by atoms with Gasteiger partial charge in [-0.3, -0.25) is 22.9 Å². The number of rotatable bonds is 32. The minimum atomic E-state index is -4.62. The van der Waals surface area contributed by atoms with E-state index in [0.717, 1.165) is 69.4 Å². The van der Waals surface area contributed by atoms with Crippen LogP contribution in [0.2, 0.25) is 102 Å². The molecule has 0 aliphatic rings. The van der Waals surface area contributed by atoms with Crippen molar-refractivity contribution in [2.75, 3.05) is 93.2 Å². The van der Waals surface area contributed by atoms with E-state index in [1.165, 1.54) is 13.0 Å². The molecule has 1 unspecified atom stereocenters. The standard InChI is InChI=1S/C18H42F4N2O2Si3.C14H35F3N2O2Si3.3C3H7F.C3H5F.3C2H2F4.C2H5F.CH2F2/c1-7-11-23-12-8-14-27(2,3)25-29(6,16-10-18(20,21)22)26-28(4,5)15-9-13-24-17-19;1-22(2,11-6-9-18)20-24(5,13-8-14(15,16)17)21-23(3,4)12-7-10-19;4*1-2-3-4;3*3-1-2(4,5)6;1-2-3;2-1-3/h23-24H,7-17H2,1-6H3;6-13,18-19H2,1-5H3;3*2-3H2,1H3;2-3H,1H3;3*1H2;2H2,1H3;1H2. The minimum absolute atomic E-state index is 0.0470. The van der Waals surface area contributed by atoms with Gasteiger partial charge in [0.1, 0.15) is 6.80 Å². The van der Waals surface area contributed by atoms with Crippen molar-refractivity contribution in [3.05, 3.63) is 12.4 Å². The molecule has 0 aliphatic heterocycles. The van der Waals surface area contributed by atoms with Gasteiger partial charge in [0.2, 0.25) is 6.93 Å². The van der Waals surface area contributed by atoms with Crippen LogP contribution in [-0.4, -0.2) is 174 Å². The first-order valence-corrected chi connectivity index (χ1v) is 47.4. The van der Waals surface area contributed by atoms with Gasteiger partial charge >= 0.3 is 48.0 Å². The number of alkyl halides is 25. The van der Waals surface area contributed by atoms with Crippen molar-refractivity contribution in [3.8, 4) is 0 Å². The molecule has 0 aromatic carbocycles. The average Bonchev–Trinajstić information content (AvgIpc) is 0.857. The van der Waals surface area contributed by atoms with E-state index in [1.807, 2.05) is 39.3 Å². The second-order valence-electron chi connectivity index (χ2n) is 22.0. The number of allylic oxidation sites excluding steroid dienone is 1. The zero-order chi connectivity index (χ0) is 76.4. The van der Waals surface area contributed by atoms with Crippen molar-refractivity contribution >= 4 is 50.4 Å². The molecule has 6 N–H and O–H groups in total. The maximum Gasteiger partial charge on any atom is 0.416 e. The fourth-order valence-electron chi connectivity index (χ4n) is 6.23. The summed E-state index contributed by atoms with van der Waals surface area (Å²) >= 11 is 0. The van der Waals surface area contributed by atoms with E-state index >= 15 is 0 Å². The molecule has 40 heteroatoms. The zero-order valence-corrected chi connectivity index (χ0v) is 63.5. The van der Waals surface area contributed by atoms with E-state index < -0.39 is 128 Å². The van der Waals surface area contributed by atoms with Gasteiger partial charge in [-0.15, -0.1) is 0 Å². The molecular weight excluding hydrogens is 1420 g/mol. The summed E-state index contributed by atoms with van der Waals surface area (Å²) in [6.45, 7) is 24.3. The third-order valence-corrected chi connectivity index (χ3v) is 33.9. The number of halogens is 26. The van der Waals surface area contributed by atoms with Gasteiger partial charge in [0.05, 0.1) is 33.0 Å². The van der Waals surface area contributed by atoms with Crippen LogP contribution >= 0.6 is 0 Å². The smallest absolute Gasteiger partial charge is 0.416 e. The predicted molar refractivity (Wildman–Crippen MR) is 341 cm³/mol. The van der Waals surface area contributed by atoms with Crippen LogP contribution in [0.1, 0.15) is 106 Å². The van der Waals surface area contributed by atoms with Crippen LogP contribution in [0.4, 0.5) is 114 Å². The molecule has 0 radical (unpaired) electrons. The number of nitrogens with one attached hydrogen (secondary N) is 2. The monoisotopic (exact) mass is 1530 g/mol. The van der Waals surface area contributed by atoms with Crippen molar-refractivity contribution in [1.29, 1.82) is 0 Å². The van der Waals surface area contributed by atoms with E-state index in [9.17, 15) is 114 Å². The Balaban J connectivity index is -0.000000102. The molecule has 0 aromatic heterocycles. The van der Waals surface area contributed by atoms with E-state index in [-0.39, 0.29) is 38.8 Å². The lowest BCUT2D eigenvalue weighted by Crippen LogP contribution is -2.54. The van der Waals surface area contributed by atoms with Gasteiger partial charge in [-0.05, 0) is 200 Å². The van der Waals surface area contributed by atoms with Crippen LogP contribution in [0.3, 0.4) is 0 Å². The molecule has 1 atom stereocenters. The van der Waals surface area contributed by atoms with E-state index in [2.05, 4.69) is 30.7 Å². The second kappa shape index (κ2) is 69.4. The Labute approximate surface area is 545 Å². The van der Waals surface area contributed by atoms with Gasteiger partial charge in [-0.1, -0.05) is 33.8 Å². The third-order valence-electron chi connectivity index (χ3n) is 9.59. The zero-order valence-electron chi connectivity index (χ0n) is 57.5. The highest BCUT2D eigenvalue weighted by atomic mass is 28.5. The molecule has 0 saturated carbocycles. The maximum atomic E-state index is 12.9. The first-order chi connectivity index (χ1) is 42.2. The lowest BCUT2D eigenvalue weighted by molar-refractivity contribution is -0.142. The topological polar surface area (TPSA) is 113 Å². The molecule has 8 nitrogen and oxygen atoms in total. The fourth-order valence-corrected chi connectivity index (χ4v) is 34.9. The predicted octanol–water partition coefficient (Wildman–Crippen LogP) is 21.9. The van der Waals surface area contributed by atoms with Gasteiger partial charge in [0, 0.05) is 12.8 Å². The molecule has 0 saturated heterocycles. The largest absolute Gasteiger partial charge is 0.436 e. The van der Waals surface area contributed by atoms with Crippen molar-refractivity contribution < 1.29 is 131 Å². The quantitative estimate of drug-likeness (QED) is 0.0228. The molecule has 578 valence electrons. The number of hydrogen-bond donors (Lipinski definition) is 4. The molecule has 0 fully saturated rings. The molecule has 0 amide bonds. The van der Waals surface area contributed by atoms with Crippen LogP contribution in [0.15, 0.2) is 12.4 Å². The van der Waals surface area contributed by atoms with Gasteiger partial charge in [0.15, 0.2) is 53.3 Å². The van der Waals surface area contributed by atoms with Crippen molar-refractivity contribution in [2.45, 2.75) is 238 Å². The van der Waals surface area contributed by atoms with Gasteiger partial charge in [-0.25, -0.2) is 30.7 Å². The molecule has 0 rings (SSSR count). The Morgan fingerprint density at radius 1 is 0.366 bits per heavy atom. The first-order valence-electron chi connectivity index (χ1n) is 29.9. The molecule has 93 heavy (non-hydrogen) atoms. The van der Waals surface area contributed by atoms with E-state index in [1.54, 1.807) is 40.8 Å². The molecular formula is C53H116F26N4O4Si6. The molecule has 0 aromatic rings. The fraction of sp³-hybridized carbons (Fsp3) is 0.962. The summed E-state index contributed by atoms with van der Waals surface area (Å²) in [6, 6.07) is 3.22. The second-order valence-corrected chi connectivity index (χ2v) is 46.8. The SMILES string of the molecule is CC=CF.CCCF.CCCF.CCCF.CCCNCCC[Si](C)(C)O[Si](C)(CCC(F)(F)F)O[Si](C)(C)CCCNCF.CCF.C[Si](C)(CCCN)O[Si](C)(CCC(F)(F)F)O[Si](C)(C)CCCN.FCC(F)(F)F.FCC(F)(F)F.FCC(F)(F)F.FCF. The molecule has 0 aliphatic carbocycles. The summed E-state index contributed by atoms with van der Waals surface area (Å²) in [7, 11) is -14.5. The summed E-state index contributed by atoms with van der Waals surface area (Å²) in [5.74, 6) is 0. The van der Waals surface area contributed by atoms with Crippen LogP contribution in [0.25, 0.3) is 0 Å². The van der Waals surface area contributed by atoms with Gasteiger partial charge < -0.3 is 33.2 Å². The first kappa shape index (κ1) is 116. The third kappa shape index (κ3) is 128. The van der Waals surface area contributed by atoms with Crippen molar-refractivity contribution in [2.24, 2.45) is 11.5 Å². The summed E-state index contributed by atoms with van der Waals surface area (Å²) in [5.41, 5.74) is 11.1. The highest BCUT2D eigenvalue weighted by molar-refractivity contribution is 6.89. The van der Waals surface area contributed by atoms with Gasteiger partial charge in [-0.2, -0.15) is 65.9 Å². The normalized spacial score (nSPS) is 12.6. The van der Waals surface area contributed by atoms with Crippen LogP contribution in [-0.2, 0) is 16.5 Å². The van der Waals surface area contributed by atoms with Gasteiger partial charge in [0.25, 0.3) is 0 Å². The van der Waals surface area contributed by atoms with Crippen LogP contribution < -0.4 is 22.1 Å². The lowest BCUT2D eigenvalue weighted by Gasteiger charge is -2.41. The number of hydrogen-bond acceptors (Lipinski definition) is 8. The Morgan fingerprint density at radius 2 is 0.570 bits per heavy atom. The lowest BCUT2D eigenvalue weighted by atomic mass is 10.4. The van der Waals surface area contributed by atoms with E-state index in [4.69, 9.17) is 27.9 Å². The Hall–Kier alpha value is -1.10. The maximum absolute atomic E-state index is 12.9. The summed E-state index contributed by atoms with van der Waals surface area (Å²) < 4.78 is 312. The number of nitrogens with two attached hydrogens (primary N) is 2. The minimum Gasteiger partial charge on any atom is -0.436 e. The average molecular weight is 1540 g/mol. The molecule has 0 spiro atoms. The van der Waals surface area contributed by atoms with E-state index in [0.29, 0.717) is 45.2 Å². The van der Waals surface area contributed by atoms with Crippen molar-refractivity contribution in [1.82, 2.24) is 10.6 Å². The Kier molecular flexibility index (Phi) is 86.6. The summed E-state index contributed by atoms with van der Waals surface area (Å²) in [6.07, 6.45) is -15.8. The van der Waals surface area contributed by atoms with Crippen LogP contribution in [0, 0.1) is 0 Å². The highest BCUT2D eigenvalue weighted by Gasteiger charge is 2.47. The highest BCUT2D eigenvalue weighted by Crippen LogP contribution is 2.35. The van der Waals surface area contributed by atoms with Crippen LogP contribution in [0.5, 0.6) is 0 Å².